The Morgan fingerprint density at radius 3 is 2.96 bits per heavy atom. The Kier molecular flexibility index (Phi) is 6.62. The fourth-order valence-electron chi connectivity index (χ4n) is 2.80. The Bertz CT molecular complexity index is 717. The van der Waals surface area contributed by atoms with E-state index in [1.54, 1.807) is 10.7 Å². The van der Waals surface area contributed by atoms with Crippen LogP contribution in [0.4, 0.5) is 4.39 Å². The second-order valence-corrected chi connectivity index (χ2v) is 6.19. The highest BCUT2D eigenvalue weighted by molar-refractivity contribution is 5.75. The van der Waals surface area contributed by atoms with Gasteiger partial charge in [-0.25, -0.2) is 9.07 Å². The van der Waals surface area contributed by atoms with E-state index in [1.807, 2.05) is 6.07 Å². The van der Waals surface area contributed by atoms with Gasteiger partial charge < -0.3 is 10.1 Å². The maximum Gasteiger partial charge on any atom is 0.221 e. The minimum absolute atomic E-state index is 0.0748. The Morgan fingerprint density at radius 1 is 1.31 bits per heavy atom. The normalized spacial score (nSPS) is 15.1. The number of morpholine rings is 1. The fraction of sp³-hybridized carbons (Fsp3) is 0.529. The number of rotatable bonds is 8. The van der Waals surface area contributed by atoms with Gasteiger partial charge in [0.1, 0.15) is 5.82 Å². The number of benzene rings is 1. The van der Waals surface area contributed by atoms with Crippen molar-refractivity contribution in [2.75, 3.05) is 32.8 Å². The van der Waals surface area contributed by atoms with Crippen LogP contribution in [0.15, 0.2) is 24.3 Å². The van der Waals surface area contributed by atoms with Gasteiger partial charge in [0, 0.05) is 26.1 Å². The number of nitrogens with one attached hydrogen (secondary N) is 1. The lowest BCUT2D eigenvalue weighted by Crippen LogP contribution is -2.36. The number of carbonyl (C=O) groups excluding carboxylic acids is 1. The minimum atomic E-state index is -0.264. The van der Waals surface area contributed by atoms with Crippen LogP contribution in [0.5, 0.6) is 0 Å². The lowest BCUT2D eigenvalue weighted by Gasteiger charge is -2.25. The number of hydrogen-bond acceptors (Lipinski definition) is 6. The van der Waals surface area contributed by atoms with E-state index < -0.39 is 0 Å². The summed E-state index contributed by atoms with van der Waals surface area (Å²) in [7, 11) is 0. The molecular weight excluding hydrogens is 339 g/mol. The third-order valence-electron chi connectivity index (χ3n) is 4.25. The van der Waals surface area contributed by atoms with E-state index in [0.717, 1.165) is 37.7 Å². The van der Waals surface area contributed by atoms with Crippen molar-refractivity contribution >= 4 is 5.91 Å². The molecule has 0 saturated carbocycles. The first-order chi connectivity index (χ1) is 12.7. The van der Waals surface area contributed by atoms with E-state index in [0.29, 0.717) is 32.5 Å². The van der Waals surface area contributed by atoms with Crippen molar-refractivity contribution in [3.63, 3.8) is 0 Å². The highest BCUT2D eigenvalue weighted by Gasteiger charge is 2.15. The van der Waals surface area contributed by atoms with E-state index in [2.05, 4.69) is 25.7 Å². The predicted molar refractivity (Wildman–Crippen MR) is 91.6 cm³/mol. The molecule has 140 valence electrons. The maximum absolute atomic E-state index is 13.1. The molecule has 0 unspecified atom stereocenters. The molecule has 8 nitrogen and oxygen atoms in total. The Labute approximate surface area is 151 Å². The van der Waals surface area contributed by atoms with Crippen LogP contribution in [0, 0.1) is 5.82 Å². The van der Waals surface area contributed by atoms with Crippen LogP contribution in [0.3, 0.4) is 0 Å². The van der Waals surface area contributed by atoms with Gasteiger partial charge >= 0.3 is 0 Å². The lowest BCUT2D eigenvalue weighted by molar-refractivity contribution is -0.121. The number of ether oxygens (including phenoxy) is 1. The number of tetrazole rings is 1. The number of aryl methyl sites for hydroxylation is 1. The van der Waals surface area contributed by atoms with Gasteiger partial charge in [-0.2, -0.15) is 0 Å². The van der Waals surface area contributed by atoms with Crippen molar-refractivity contribution in [2.24, 2.45) is 0 Å². The molecule has 0 spiro atoms. The molecule has 1 aliphatic heterocycles. The van der Waals surface area contributed by atoms with Crippen LogP contribution >= 0.6 is 0 Å². The summed E-state index contributed by atoms with van der Waals surface area (Å²) in [6, 6.07) is 6.39. The van der Waals surface area contributed by atoms with Crippen LogP contribution in [-0.2, 0) is 29.0 Å². The van der Waals surface area contributed by atoms with Crippen molar-refractivity contribution in [1.82, 2.24) is 30.4 Å². The van der Waals surface area contributed by atoms with Crippen LogP contribution in [0.1, 0.15) is 17.8 Å². The van der Waals surface area contributed by atoms with Crippen LogP contribution in [-0.4, -0.2) is 63.9 Å². The second-order valence-electron chi connectivity index (χ2n) is 6.19. The first-order valence-corrected chi connectivity index (χ1v) is 8.77. The standard InChI is InChI=1S/C17H23FN6O2/c18-15-3-1-2-14(12-15)4-6-19-17(25)5-7-24-16(20-21-22-24)13-23-8-10-26-11-9-23/h1-3,12H,4-11,13H2,(H,19,25). The molecule has 2 heterocycles. The second kappa shape index (κ2) is 9.35. The molecule has 1 aromatic heterocycles. The molecule has 3 rings (SSSR count). The first kappa shape index (κ1) is 18.4. The zero-order valence-corrected chi connectivity index (χ0v) is 14.6. The molecule has 0 aliphatic carbocycles. The molecular formula is C17H23FN6O2. The summed E-state index contributed by atoms with van der Waals surface area (Å²) in [5.74, 6) is 0.411. The zero-order valence-electron chi connectivity index (χ0n) is 14.6. The van der Waals surface area contributed by atoms with Crippen LogP contribution < -0.4 is 5.32 Å². The maximum atomic E-state index is 13.1. The van der Waals surface area contributed by atoms with Crippen LogP contribution in [0.2, 0.25) is 0 Å². The molecule has 0 atom stereocenters. The predicted octanol–water partition coefficient (Wildman–Crippen LogP) is 0.393. The molecule has 1 aliphatic rings. The van der Waals surface area contributed by atoms with Gasteiger partial charge in [-0.3, -0.25) is 9.69 Å². The quantitative estimate of drug-likeness (QED) is 0.731. The third kappa shape index (κ3) is 5.57. The summed E-state index contributed by atoms with van der Waals surface area (Å²) in [6.45, 7) is 4.69. The van der Waals surface area contributed by atoms with E-state index in [4.69, 9.17) is 4.74 Å². The van der Waals surface area contributed by atoms with E-state index in [-0.39, 0.29) is 11.7 Å². The van der Waals surface area contributed by atoms with Gasteiger partial charge in [-0.15, -0.1) is 5.10 Å². The van der Waals surface area contributed by atoms with E-state index >= 15 is 0 Å². The van der Waals surface area contributed by atoms with Crippen molar-refractivity contribution in [3.05, 3.63) is 41.5 Å². The number of amides is 1. The fourth-order valence-corrected chi connectivity index (χ4v) is 2.80. The number of nitrogens with zero attached hydrogens (tertiary/aromatic N) is 5. The van der Waals surface area contributed by atoms with Crippen LogP contribution in [0.25, 0.3) is 0 Å². The number of carbonyl (C=O) groups is 1. The van der Waals surface area contributed by atoms with Crippen molar-refractivity contribution in [3.8, 4) is 0 Å². The zero-order chi connectivity index (χ0) is 18.2. The summed E-state index contributed by atoms with van der Waals surface area (Å²) in [5, 5.41) is 14.6. The molecule has 2 aromatic rings. The largest absolute Gasteiger partial charge is 0.379 e. The lowest BCUT2D eigenvalue weighted by atomic mass is 10.1. The van der Waals surface area contributed by atoms with Gasteiger partial charge in [0.15, 0.2) is 5.82 Å². The Balaban J connectivity index is 1.39. The average Bonchev–Trinajstić information content (AvgIpc) is 3.08. The summed E-state index contributed by atoms with van der Waals surface area (Å²) >= 11 is 0. The van der Waals surface area contributed by atoms with Gasteiger partial charge in [-0.05, 0) is 34.5 Å². The molecule has 1 N–H and O–H groups in total. The highest BCUT2D eigenvalue weighted by atomic mass is 19.1. The monoisotopic (exact) mass is 362 g/mol. The first-order valence-electron chi connectivity index (χ1n) is 8.77. The molecule has 1 aromatic carbocycles. The summed E-state index contributed by atoms with van der Waals surface area (Å²) in [5.41, 5.74) is 0.860. The molecule has 1 saturated heterocycles. The third-order valence-corrected chi connectivity index (χ3v) is 4.25. The van der Waals surface area contributed by atoms with Gasteiger partial charge in [0.2, 0.25) is 5.91 Å². The number of aromatic nitrogens is 4. The smallest absolute Gasteiger partial charge is 0.221 e. The van der Waals surface area contributed by atoms with Crippen molar-refractivity contribution in [2.45, 2.75) is 25.9 Å². The number of halogens is 1. The summed E-state index contributed by atoms with van der Waals surface area (Å²) in [4.78, 5) is 14.2. The average molecular weight is 362 g/mol. The van der Waals surface area contributed by atoms with Crippen molar-refractivity contribution < 1.29 is 13.9 Å². The summed E-state index contributed by atoms with van der Waals surface area (Å²) < 4.78 is 20.1. The topological polar surface area (TPSA) is 85.2 Å². The highest BCUT2D eigenvalue weighted by Crippen LogP contribution is 2.05. The number of hydrogen-bond donors (Lipinski definition) is 1. The SMILES string of the molecule is O=C(CCn1nnnc1CN1CCOCC1)NCCc1cccc(F)c1. The van der Waals surface area contributed by atoms with Gasteiger partial charge in [0.25, 0.3) is 0 Å². The molecule has 9 heteroatoms. The molecule has 0 radical (unpaired) electrons. The minimum Gasteiger partial charge on any atom is -0.379 e. The van der Waals surface area contributed by atoms with E-state index in [9.17, 15) is 9.18 Å². The van der Waals surface area contributed by atoms with E-state index in [1.165, 1.54) is 12.1 Å². The van der Waals surface area contributed by atoms with Gasteiger partial charge in [-0.1, -0.05) is 12.1 Å². The Morgan fingerprint density at radius 2 is 2.15 bits per heavy atom. The molecule has 1 amide bonds. The van der Waals surface area contributed by atoms with Gasteiger partial charge in [0.05, 0.1) is 26.3 Å². The molecule has 1 fully saturated rings. The molecule has 26 heavy (non-hydrogen) atoms. The van der Waals surface area contributed by atoms with Crippen molar-refractivity contribution in [1.29, 1.82) is 0 Å². The summed E-state index contributed by atoms with van der Waals surface area (Å²) in [6.07, 6.45) is 0.890. The Hall–Kier alpha value is -2.39. The molecule has 0 bridgehead atoms.